The molecule has 0 spiro atoms. The van der Waals surface area contributed by atoms with E-state index in [4.69, 9.17) is 0 Å². The van der Waals surface area contributed by atoms with Crippen LogP contribution in [-0.4, -0.2) is 37.9 Å². The average molecular weight is 337 g/mol. The van der Waals surface area contributed by atoms with Crippen molar-refractivity contribution in [2.45, 2.75) is 25.6 Å². The van der Waals surface area contributed by atoms with E-state index in [0.29, 0.717) is 0 Å². The van der Waals surface area contributed by atoms with Crippen molar-refractivity contribution >= 4 is 15.9 Å². The molecule has 5 nitrogen and oxygen atoms in total. The Morgan fingerprint density at radius 1 is 1.25 bits per heavy atom. The molecule has 1 atom stereocenters. The summed E-state index contributed by atoms with van der Waals surface area (Å²) in [7, 11) is 0. The molecule has 1 aromatic heterocycles. The summed E-state index contributed by atoms with van der Waals surface area (Å²) in [6.07, 6.45) is 2.10. The third-order valence-electron chi connectivity index (χ3n) is 3.69. The number of aromatic nitrogens is 3. The summed E-state index contributed by atoms with van der Waals surface area (Å²) in [4.78, 5) is 2.31. The second-order valence-corrected chi connectivity index (χ2v) is 5.99. The molecule has 0 saturated heterocycles. The normalized spacial score (nSPS) is 16.9. The first-order valence-electron chi connectivity index (χ1n) is 6.75. The van der Waals surface area contributed by atoms with Gasteiger partial charge in [0, 0.05) is 24.1 Å². The Morgan fingerprint density at radius 3 is 2.85 bits per heavy atom. The van der Waals surface area contributed by atoms with Crippen LogP contribution in [0.4, 0.5) is 0 Å². The highest BCUT2D eigenvalue weighted by molar-refractivity contribution is 9.10. The van der Waals surface area contributed by atoms with E-state index in [1.807, 2.05) is 24.3 Å². The van der Waals surface area contributed by atoms with Gasteiger partial charge in [0.1, 0.15) is 12.2 Å². The number of nitrogens with zero attached hydrogens (tertiary/aromatic N) is 4. The summed E-state index contributed by atoms with van der Waals surface area (Å²) in [6, 6.07) is 7.84. The minimum Gasteiger partial charge on any atom is -0.388 e. The summed E-state index contributed by atoms with van der Waals surface area (Å²) in [6.45, 7) is 3.59. The quantitative estimate of drug-likeness (QED) is 0.927. The standard InChI is InChI=1S/C14H17BrN4O/c15-12-3-1-11(2-4-12)13(20)5-6-18-7-8-19-10-16-17-14(19)9-18/h1-4,10,13,20H,5-9H2. The summed E-state index contributed by atoms with van der Waals surface area (Å²) in [5.74, 6) is 1.01. The van der Waals surface area contributed by atoms with Gasteiger partial charge >= 0.3 is 0 Å². The fourth-order valence-corrected chi connectivity index (χ4v) is 2.73. The Kier molecular flexibility index (Phi) is 4.14. The maximum atomic E-state index is 10.2. The van der Waals surface area contributed by atoms with Gasteiger partial charge in [0.2, 0.25) is 0 Å². The lowest BCUT2D eigenvalue weighted by molar-refractivity contribution is 0.130. The number of fused-ring (bicyclic) bond motifs is 1. The first kappa shape index (κ1) is 13.7. The van der Waals surface area contributed by atoms with Gasteiger partial charge in [0.15, 0.2) is 0 Å². The number of aliphatic hydroxyl groups excluding tert-OH is 1. The number of aliphatic hydroxyl groups is 1. The van der Waals surface area contributed by atoms with Crippen LogP contribution in [0.25, 0.3) is 0 Å². The molecule has 1 N–H and O–H groups in total. The minimum absolute atomic E-state index is 0.414. The third kappa shape index (κ3) is 3.08. The highest BCUT2D eigenvalue weighted by atomic mass is 79.9. The lowest BCUT2D eigenvalue weighted by Gasteiger charge is -2.27. The molecule has 1 aliphatic heterocycles. The van der Waals surface area contributed by atoms with Crippen molar-refractivity contribution in [2.24, 2.45) is 0 Å². The van der Waals surface area contributed by atoms with E-state index in [9.17, 15) is 5.11 Å². The third-order valence-corrected chi connectivity index (χ3v) is 4.22. The zero-order valence-electron chi connectivity index (χ0n) is 11.1. The second kappa shape index (κ2) is 6.03. The summed E-state index contributed by atoms with van der Waals surface area (Å²) in [5, 5.41) is 18.2. The second-order valence-electron chi connectivity index (χ2n) is 5.07. The Labute approximate surface area is 126 Å². The molecule has 0 amide bonds. The Hall–Kier alpha value is -1.24. The summed E-state index contributed by atoms with van der Waals surface area (Å²) in [5.41, 5.74) is 0.966. The monoisotopic (exact) mass is 336 g/mol. The van der Waals surface area contributed by atoms with Crippen LogP contribution in [-0.2, 0) is 13.1 Å². The zero-order chi connectivity index (χ0) is 13.9. The van der Waals surface area contributed by atoms with Gasteiger partial charge in [-0.2, -0.15) is 0 Å². The highest BCUT2D eigenvalue weighted by Crippen LogP contribution is 2.20. The fourth-order valence-electron chi connectivity index (χ4n) is 2.46. The van der Waals surface area contributed by atoms with E-state index in [1.165, 1.54) is 0 Å². The number of hydrogen-bond donors (Lipinski definition) is 1. The van der Waals surface area contributed by atoms with E-state index < -0.39 is 6.10 Å². The first-order chi connectivity index (χ1) is 9.72. The van der Waals surface area contributed by atoms with Crippen molar-refractivity contribution in [3.8, 4) is 0 Å². The topological polar surface area (TPSA) is 54.2 Å². The smallest absolute Gasteiger partial charge is 0.147 e. The maximum Gasteiger partial charge on any atom is 0.147 e. The largest absolute Gasteiger partial charge is 0.388 e. The van der Waals surface area contributed by atoms with E-state index in [2.05, 4.69) is 35.6 Å². The van der Waals surface area contributed by atoms with Crippen LogP contribution in [0.5, 0.6) is 0 Å². The van der Waals surface area contributed by atoms with Gasteiger partial charge in [-0.3, -0.25) is 4.90 Å². The van der Waals surface area contributed by atoms with Crippen molar-refractivity contribution < 1.29 is 5.11 Å². The molecule has 0 radical (unpaired) electrons. The minimum atomic E-state index is -0.414. The van der Waals surface area contributed by atoms with Crippen LogP contribution in [0.1, 0.15) is 23.9 Å². The molecule has 0 aliphatic carbocycles. The highest BCUT2D eigenvalue weighted by Gasteiger charge is 2.18. The molecule has 0 fully saturated rings. The zero-order valence-corrected chi connectivity index (χ0v) is 12.7. The van der Waals surface area contributed by atoms with Crippen LogP contribution < -0.4 is 0 Å². The first-order valence-corrected chi connectivity index (χ1v) is 7.54. The molecule has 0 bridgehead atoms. The van der Waals surface area contributed by atoms with Gasteiger partial charge in [-0.05, 0) is 24.1 Å². The van der Waals surface area contributed by atoms with Gasteiger partial charge in [0.25, 0.3) is 0 Å². The van der Waals surface area contributed by atoms with Crippen molar-refractivity contribution in [1.29, 1.82) is 0 Å². The summed E-state index contributed by atoms with van der Waals surface area (Å²) >= 11 is 3.40. The Morgan fingerprint density at radius 2 is 2.05 bits per heavy atom. The molecule has 20 heavy (non-hydrogen) atoms. The van der Waals surface area contributed by atoms with Crippen LogP contribution >= 0.6 is 15.9 Å². The van der Waals surface area contributed by atoms with Crippen LogP contribution in [0.15, 0.2) is 35.1 Å². The van der Waals surface area contributed by atoms with Crippen LogP contribution in [0.2, 0.25) is 0 Å². The number of benzene rings is 1. The molecule has 106 valence electrons. The number of halogens is 1. The molecule has 1 aliphatic rings. The van der Waals surface area contributed by atoms with E-state index in [1.54, 1.807) is 6.33 Å². The van der Waals surface area contributed by atoms with Crippen molar-refractivity contribution in [3.05, 3.63) is 46.5 Å². The van der Waals surface area contributed by atoms with E-state index in [0.717, 1.165) is 48.5 Å². The summed E-state index contributed by atoms with van der Waals surface area (Å²) < 4.78 is 3.12. The van der Waals surface area contributed by atoms with E-state index >= 15 is 0 Å². The van der Waals surface area contributed by atoms with Crippen molar-refractivity contribution in [1.82, 2.24) is 19.7 Å². The molecule has 0 saturated carbocycles. The fraction of sp³-hybridized carbons (Fsp3) is 0.429. The number of rotatable bonds is 4. The molecular weight excluding hydrogens is 320 g/mol. The Balaban J connectivity index is 1.54. The molecule has 1 unspecified atom stereocenters. The molecule has 2 aromatic rings. The SMILES string of the molecule is OC(CCN1CCn2cnnc2C1)c1ccc(Br)cc1. The lowest BCUT2D eigenvalue weighted by atomic mass is 10.1. The van der Waals surface area contributed by atoms with Crippen molar-refractivity contribution in [3.63, 3.8) is 0 Å². The van der Waals surface area contributed by atoms with Gasteiger partial charge in [-0.15, -0.1) is 10.2 Å². The van der Waals surface area contributed by atoms with Crippen LogP contribution in [0, 0.1) is 0 Å². The maximum absolute atomic E-state index is 10.2. The molecule has 1 aromatic carbocycles. The lowest BCUT2D eigenvalue weighted by Crippen LogP contribution is -2.34. The van der Waals surface area contributed by atoms with Gasteiger partial charge in [-0.25, -0.2) is 0 Å². The Bertz CT molecular complexity index is 569. The molecule has 6 heteroatoms. The predicted octanol–water partition coefficient (Wildman–Crippen LogP) is 1.98. The van der Waals surface area contributed by atoms with Gasteiger partial charge < -0.3 is 9.67 Å². The van der Waals surface area contributed by atoms with Gasteiger partial charge in [-0.1, -0.05) is 28.1 Å². The number of hydrogen-bond acceptors (Lipinski definition) is 4. The average Bonchev–Trinajstić information content (AvgIpc) is 2.93. The van der Waals surface area contributed by atoms with Crippen molar-refractivity contribution in [2.75, 3.05) is 13.1 Å². The van der Waals surface area contributed by atoms with E-state index in [-0.39, 0.29) is 0 Å². The van der Waals surface area contributed by atoms with Gasteiger partial charge in [0.05, 0.1) is 12.6 Å². The molecule has 2 heterocycles. The molecular formula is C14H17BrN4O. The molecule has 3 rings (SSSR count). The predicted molar refractivity (Wildman–Crippen MR) is 79.0 cm³/mol. The van der Waals surface area contributed by atoms with Crippen LogP contribution in [0.3, 0.4) is 0 Å².